The molecule has 4 heterocycles. The maximum absolute atomic E-state index is 6.99. The van der Waals surface area contributed by atoms with Crippen LogP contribution in [0.3, 0.4) is 0 Å². The van der Waals surface area contributed by atoms with E-state index < -0.39 is 0 Å². The first-order valence-corrected chi connectivity index (χ1v) is 30.5. The largest absolute Gasteiger partial charge is 0.458 e. The molecule has 0 unspecified atom stereocenters. The molecule has 0 bridgehead atoms. The van der Waals surface area contributed by atoms with Crippen LogP contribution in [0.1, 0.15) is 0 Å². The first-order chi connectivity index (χ1) is 44.6. The van der Waals surface area contributed by atoms with Crippen molar-refractivity contribution in [1.29, 1.82) is 0 Å². The maximum atomic E-state index is 6.99. The number of rotatable bonds is 12. The Balaban J connectivity index is 0.820. The molecule has 0 radical (unpaired) electrons. The minimum absolute atomic E-state index is 0.693. The number of ether oxygens (including phenoxy) is 1. The summed E-state index contributed by atoms with van der Waals surface area (Å²) in [5.74, 6) is 2.23. The van der Waals surface area contributed by atoms with Crippen LogP contribution in [-0.2, 0) is 0 Å². The molecule has 6 heteroatoms. The highest BCUT2D eigenvalue weighted by Crippen LogP contribution is 2.43. The van der Waals surface area contributed by atoms with Crippen LogP contribution < -0.4 is 9.30 Å². The van der Waals surface area contributed by atoms with Crippen molar-refractivity contribution in [3.63, 3.8) is 0 Å². The quantitative estimate of drug-likeness (QED) is 0.0903. The predicted octanol–water partition coefficient (Wildman–Crippen LogP) is 21.1. The van der Waals surface area contributed by atoms with Crippen LogP contribution >= 0.6 is 0 Å². The lowest BCUT2D eigenvalue weighted by atomic mass is 9.89. The van der Waals surface area contributed by atoms with Crippen molar-refractivity contribution in [2.45, 2.75) is 0 Å². The van der Waals surface area contributed by atoms with Gasteiger partial charge >= 0.3 is 0 Å². The van der Waals surface area contributed by atoms with E-state index in [1.165, 1.54) is 5.39 Å². The first-order valence-electron chi connectivity index (χ1n) is 30.5. The molecule has 0 aliphatic carbocycles. The van der Waals surface area contributed by atoms with Crippen LogP contribution in [0, 0.1) is 6.33 Å². The molecule has 0 saturated carbocycles. The number of nitrogens with zero attached hydrogens (tertiary/aromatic N) is 5. The van der Waals surface area contributed by atoms with Crippen LogP contribution in [-0.4, -0.2) is 18.7 Å². The lowest BCUT2D eigenvalue weighted by Crippen LogP contribution is -2.31. The van der Waals surface area contributed by atoms with Crippen LogP contribution in [0.2, 0.25) is 0 Å². The normalized spacial score (nSPS) is 11.6. The number of imidazole rings is 1. The van der Waals surface area contributed by atoms with Gasteiger partial charge in [-0.05, 0) is 164 Å². The average molecular weight is 1150 g/mol. The summed E-state index contributed by atoms with van der Waals surface area (Å²) in [5.41, 5.74) is 22.7. The zero-order valence-corrected chi connectivity index (χ0v) is 48.9. The van der Waals surface area contributed by atoms with Crippen molar-refractivity contribution in [1.82, 2.24) is 18.7 Å². The Labute approximate surface area is 520 Å². The van der Waals surface area contributed by atoms with Crippen molar-refractivity contribution >= 4 is 54.6 Å². The van der Waals surface area contributed by atoms with Gasteiger partial charge in [-0.1, -0.05) is 224 Å². The highest BCUT2D eigenvalue weighted by molar-refractivity contribution is 6.12. The molecule has 17 aromatic rings. The van der Waals surface area contributed by atoms with E-state index in [1.807, 2.05) is 12.3 Å². The SMILES string of the molecule is [c-]1n(-c2cccc(Oc3ccc4c5ccccc5n(-c5cc6c7ccccc7n(-c7ccccc7)c6cn5)c4c3)c2)c2ccccc2[n+]1-c1c(-c2cc(-c3ccccc3)cc(-c3ccccc3)c2)cccc1-c1cc(-c2ccccc2)cc(-c2ccccc2)c1. The van der Waals surface area contributed by atoms with E-state index in [4.69, 9.17) is 9.72 Å². The number of fused-ring (bicyclic) bond motifs is 7. The minimum Gasteiger partial charge on any atom is -0.458 e. The number of para-hydroxylation sites is 6. The average Bonchev–Trinajstić information content (AvgIpc) is 1.57. The van der Waals surface area contributed by atoms with Gasteiger partial charge in [-0.15, -0.1) is 0 Å². The number of hydrogen-bond acceptors (Lipinski definition) is 2. The second-order valence-electron chi connectivity index (χ2n) is 22.9. The zero-order valence-electron chi connectivity index (χ0n) is 48.9. The number of benzene rings is 13. The fourth-order valence-electron chi connectivity index (χ4n) is 13.3. The molecule has 6 nitrogen and oxygen atoms in total. The van der Waals surface area contributed by atoms with Crippen LogP contribution in [0.5, 0.6) is 11.5 Å². The van der Waals surface area contributed by atoms with Gasteiger partial charge in [0.25, 0.3) is 6.33 Å². The summed E-state index contributed by atoms with van der Waals surface area (Å²) in [4.78, 5) is 5.24. The Bertz CT molecular complexity index is 5290. The fourth-order valence-corrected chi connectivity index (χ4v) is 13.3. The third-order valence-corrected chi connectivity index (χ3v) is 17.5. The first kappa shape index (κ1) is 52.2. The molecular formula is C84H55N5O. The monoisotopic (exact) mass is 1150 g/mol. The summed E-state index contributed by atoms with van der Waals surface area (Å²) in [6.45, 7) is 0. The molecule has 13 aromatic carbocycles. The second-order valence-corrected chi connectivity index (χ2v) is 22.9. The maximum Gasteiger partial charge on any atom is 0.269 e. The third-order valence-electron chi connectivity index (χ3n) is 17.5. The molecule has 0 amide bonds. The Morgan fingerprint density at radius 1 is 0.289 bits per heavy atom. The number of pyridine rings is 1. The van der Waals surface area contributed by atoms with Crippen molar-refractivity contribution < 1.29 is 9.30 Å². The van der Waals surface area contributed by atoms with Gasteiger partial charge in [0.1, 0.15) is 17.3 Å². The highest BCUT2D eigenvalue weighted by atomic mass is 16.5. The summed E-state index contributed by atoms with van der Waals surface area (Å²) in [7, 11) is 0. The lowest BCUT2D eigenvalue weighted by Gasteiger charge is -2.20. The summed E-state index contributed by atoms with van der Waals surface area (Å²) in [5, 5.41) is 4.56. The third kappa shape index (κ3) is 9.21. The van der Waals surface area contributed by atoms with Gasteiger partial charge < -0.3 is 9.30 Å². The van der Waals surface area contributed by atoms with Gasteiger partial charge in [-0.2, -0.15) is 0 Å². The van der Waals surface area contributed by atoms with E-state index in [0.717, 1.165) is 139 Å². The van der Waals surface area contributed by atoms with Crippen molar-refractivity contribution in [3.05, 3.63) is 340 Å². The molecule has 4 aromatic heterocycles. The van der Waals surface area contributed by atoms with Gasteiger partial charge in [-0.3, -0.25) is 13.7 Å². The molecule has 0 fully saturated rings. The highest BCUT2D eigenvalue weighted by Gasteiger charge is 2.23. The van der Waals surface area contributed by atoms with Gasteiger partial charge in [0.05, 0.1) is 50.7 Å². The van der Waals surface area contributed by atoms with E-state index in [2.05, 4.69) is 346 Å². The lowest BCUT2D eigenvalue weighted by molar-refractivity contribution is -0.571. The van der Waals surface area contributed by atoms with Gasteiger partial charge in [0.2, 0.25) is 0 Å². The number of aromatic nitrogens is 5. The zero-order chi connectivity index (χ0) is 59.5. The standard InChI is InChI=1S/C84H55N5O/c1-6-24-57(25-7-1)61-46-62(58-26-8-2-9-27-58)49-65(48-61)71-38-23-39-72(66-50-63(59-28-10-3-11-29-59)47-64(51-66)60-30-12-4-13-31-60)84(71)87-56-86(79-42-20-21-43-80(79)87)68-34-22-35-69(52-68)90-70-44-45-75-73-36-16-19-41-78(73)89(81(75)53-70)83-54-76-74-37-17-18-40-77(74)88(82(76)55-85-83)67-32-14-5-15-33-67/h1-55H. The van der Waals surface area contributed by atoms with Crippen LogP contribution in [0.15, 0.2) is 334 Å². The molecule has 17 rings (SSSR count). The minimum atomic E-state index is 0.693. The molecule has 0 atom stereocenters. The smallest absolute Gasteiger partial charge is 0.269 e. The Morgan fingerprint density at radius 2 is 0.733 bits per heavy atom. The number of hydrogen-bond donors (Lipinski definition) is 0. The molecule has 0 saturated heterocycles. The fraction of sp³-hybridized carbons (Fsp3) is 0. The van der Waals surface area contributed by atoms with Crippen molar-refractivity contribution in [3.8, 4) is 101 Å². The van der Waals surface area contributed by atoms with E-state index >= 15 is 0 Å². The Hall–Kier alpha value is -12.1. The van der Waals surface area contributed by atoms with E-state index in [-0.39, 0.29) is 0 Å². The molecule has 0 aliphatic heterocycles. The van der Waals surface area contributed by atoms with Crippen LogP contribution in [0.4, 0.5) is 0 Å². The summed E-state index contributed by atoms with van der Waals surface area (Å²) in [6.07, 6.45) is 6.00. The predicted molar refractivity (Wildman–Crippen MR) is 369 cm³/mol. The van der Waals surface area contributed by atoms with Crippen LogP contribution in [0.25, 0.3) is 144 Å². The summed E-state index contributed by atoms with van der Waals surface area (Å²) in [6, 6.07) is 117. The van der Waals surface area contributed by atoms with Gasteiger partial charge in [0, 0.05) is 33.3 Å². The topological polar surface area (TPSA) is 40.8 Å². The van der Waals surface area contributed by atoms with E-state index in [9.17, 15) is 0 Å². The molecule has 0 N–H and O–H groups in total. The van der Waals surface area contributed by atoms with Gasteiger partial charge in [0.15, 0.2) is 0 Å². The summed E-state index contributed by atoms with van der Waals surface area (Å²) < 4.78 is 16.0. The molecular weight excluding hydrogens is 1090 g/mol. The Kier molecular flexibility index (Phi) is 12.8. The van der Waals surface area contributed by atoms with E-state index in [0.29, 0.717) is 11.5 Å². The van der Waals surface area contributed by atoms with Gasteiger partial charge in [-0.25, -0.2) is 4.98 Å². The Morgan fingerprint density at radius 3 is 1.31 bits per heavy atom. The van der Waals surface area contributed by atoms with Crippen molar-refractivity contribution in [2.75, 3.05) is 0 Å². The molecule has 0 aliphatic rings. The summed E-state index contributed by atoms with van der Waals surface area (Å²) >= 11 is 0. The second kappa shape index (κ2) is 22.0. The molecule has 422 valence electrons. The van der Waals surface area contributed by atoms with Crippen molar-refractivity contribution in [2.24, 2.45) is 0 Å². The molecule has 90 heavy (non-hydrogen) atoms. The molecule has 0 spiro atoms. The van der Waals surface area contributed by atoms with E-state index in [1.54, 1.807) is 0 Å².